The average Bonchev–Trinajstić information content (AvgIpc) is 2.58. The first-order valence-electron chi connectivity index (χ1n) is 7.58. The molecular formula is C18H22FIN4O. The number of guanidine groups is 1. The standard InChI is InChI=1S/C18H21FN4O.HI/c1-12-8-14(6-7-16(12)19)11-23-18(21-2)22-10-13-4-3-5-15(9-13)17(20)24;/h3-9H,10-11H2,1-2H3,(H2,20,24)(H2,21,22,23);1H. The molecule has 1 amide bonds. The number of hydrogen-bond donors (Lipinski definition) is 3. The normalized spacial score (nSPS) is 10.8. The van der Waals surface area contributed by atoms with E-state index in [9.17, 15) is 9.18 Å². The Morgan fingerprint density at radius 1 is 1.12 bits per heavy atom. The Bertz CT molecular complexity index is 764. The van der Waals surface area contributed by atoms with Gasteiger partial charge in [0.15, 0.2) is 5.96 Å². The van der Waals surface area contributed by atoms with Crippen molar-refractivity contribution in [2.24, 2.45) is 10.7 Å². The molecule has 5 nitrogen and oxygen atoms in total. The largest absolute Gasteiger partial charge is 0.366 e. The first kappa shape index (κ1) is 20.9. The van der Waals surface area contributed by atoms with Gasteiger partial charge in [0.1, 0.15) is 5.82 Å². The van der Waals surface area contributed by atoms with Crippen LogP contribution in [0.2, 0.25) is 0 Å². The minimum Gasteiger partial charge on any atom is -0.366 e. The number of rotatable bonds is 5. The number of carbonyl (C=O) groups is 1. The highest BCUT2D eigenvalue weighted by Gasteiger charge is 2.04. The maximum absolute atomic E-state index is 13.3. The zero-order valence-corrected chi connectivity index (χ0v) is 16.5. The zero-order valence-electron chi connectivity index (χ0n) is 14.2. The number of amides is 1. The van der Waals surface area contributed by atoms with E-state index in [0.29, 0.717) is 30.2 Å². The lowest BCUT2D eigenvalue weighted by molar-refractivity contribution is 0.1000. The third-order valence-corrected chi connectivity index (χ3v) is 3.58. The van der Waals surface area contributed by atoms with Crippen molar-refractivity contribution in [2.45, 2.75) is 20.0 Å². The summed E-state index contributed by atoms with van der Waals surface area (Å²) in [5.74, 6) is -0.0527. The Morgan fingerprint density at radius 3 is 2.32 bits per heavy atom. The molecule has 0 atom stereocenters. The van der Waals surface area contributed by atoms with Crippen LogP contribution < -0.4 is 16.4 Å². The highest BCUT2D eigenvalue weighted by Crippen LogP contribution is 2.09. The molecule has 0 spiro atoms. The van der Waals surface area contributed by atoms with Crippen LogP contribution >= 0.6 is 24.0 Å². The molecule has 134 valence electrons. The summed E-state index contributed by atoms with van der Waals surface area (Å²) in [6.45, 7) is 2.77. The summed E-state index contributed by atoms with van der Waals surface area (Å²) in [4.78, 5) is 15.3. The number of nitrogens with one attached hydrogen (secondary N) is 2. The van der Waals surface area contributed by atoms with Gasteiger partial charge in [0.25, 0.3) is 0 Å². The molecule has 0 saturated carbocycles. The quantitative estimate of drug-likeness (QED) is 0.368. The number of nitrogens with two attached hydrogens (primary N) is 1. The summed E-state index contributed by atoms with van der Waals surface area (Å²) >= 11 is 0. The predicted molar refractivity (Wildman–Crippen MR) is 109 cm³/mol. The van der Waals surface area contributed by atoms with Crippen LogP contribution in [0.1, 0.15) is 27.0 Å². The summed E-state index contributed by atoms with van der Waals surface area (Å²) in [7, 11) is 1.67. The number of halogens is 2. The molecule has 0 bridgehead atoms. The van der Waals surface area contributed by atoms with Crippen molar-refractivity contribution in [1.82, 2.24) is 10.6 Å². The van der Waals surface area contributed by atoms with Crippen molar-refractivity contribution < 1.29 is 9.18 Å². The Morgan fingerprint density at radius 2 is 1.76 bits per heavy atom. The van der Waals surface area contributed by atoms with E-state index in [4.69, 9.17) is 5.73 Å². The third-order valence-electron chi connectivity index (χ3n) is 3.58. The Hall–Kier alpha value is -2.16. The fourth-order valence-electron chi connectivity index (χ4n) is 2.24. The number of carbonyl (C=O) groups excluding carboxylic acids is 1. The summed E-state index contributed by atoms with van der Waals surface area (Å²) < 4.78 is 13.3. The van der Waals surface area contributed by atoms with Crippen molar-refractivity contribution in [1.29, 1.82) is 0 Å². The lowest BCUT2D eigenvalue weighted by Gasteiger charge is -2.13. The van der Waals surface area contributed by atoms with E-state index in [1.807, 2.05) is 6.07 Å². The van der Waals surface area contributed by atoms with Crippen LogP contribution in [-0.4, -0.2) is 18.9 Å². The second kappa shape index (κ2) is 9.97. The summed E-state index contributed by atoms with van der Waals surface area (Å²) in [5.41, 5.74) is 8.25. The molecule has 4 N–H and O–H groups in total. The summed E-state index contributed by atoms with van der Waals surface area (Å²) in [6.07, 6.45) is 0. The average molecular weight is 456 g/mol. The van der Waals surface area contributed by atoms with Crippen molar-refractivity contribution >= 4 is 35.8 Å². The molecule has 0 saturated heterocycles. The van der Waals surface area contributed by atoms with Crippen molar-refractivity contribution in [3.05, 3.63) is 70.5 Å². The van der Waals surface area contributed by atoms with Gasteiger partial charge in [-0.2, -0.15) is 0 Å². The van der Waals surface area contributed by atoms with Crippen molar-refractivity contribution in [3.63, 3.8) is 0 Å². The van der Waals surface area contributed by atoms with E-state index in [1.54, 1.807) is 44.3 Å². The fraction of sp³-hybridized carbons (Fsp3) is 0.222. The van der Waals surface area contributed by atoms with Crippen LogP contribution in [0.5, 0.6) is 0 Å². The van der Waals surface area contributed by atoms with Gasteiger partial charge in [-0.05, 0) is 41.8 Å². The molecule has 0 aliphatic carbocycles. The second-order valence-electron chi connectivity index (χ2n) is 5.43. The van der Waals surface area contributed by atoms with Crippen LogP contribution in [0.3, 0.4) is 0 Å². The fourth-order valence-corrected chi connectivity index (χ4v) is 2.24. The molecule has 0 radical (unpaired) electrons. The molecule has 0 aliphatic heterocycles. The van der Waals surface area contributed by atoms with Gasteiger partial charge >= 0.3 is 0 Å². The second-order valence-corrected chi connectivity index (χ2v) is 5.43. The zero-order chi connectivity index (χ0) is 17.5. The monoisotopic (exact) mass is 456 g/mol. The Kier molecular flexibility index (Phi) is 8.33. The number of aryl methyl sites for hydroxylation is 1. The van der Waals surface area contributed by atoms with Gasteiger partial charge in [0.05, 0.1) is 0 Å². The molecule has 2 aromatic carbocycles. The van der Waals surface area contributed by atoms with E-state index in [0.717, 1.165) is 11.1 Å². The van der Waals surface area contributed by atoms with Crippen LogP contribution in [-0.2, 0) is 13.1 Å². The summed E-state index contributed by atoms with van der Waals surface area (Å²) in [6, 6.07) is 12.1. The van der Waals surface area contributed by atoms with Crippen molar-refractivity contribution in [2.75, 3.05) is 7.05 Å². The molecule has 0 heterocycles. The first-order valence-corrected chi connectivity index (χ1v) is 7.58. The topological polar surface area (TPSA) is 79.5 Å². The van der Waals surface area contributed by atoms with Gasteiger partial charge in [-0.1, -0.05) is 24.3 Å². The van der Waals surface area contributed by atoms with Crippen LogP contribution in [0.25, 0.3) is 0 Å². The van der Waals surface area contributed by atoms with E-state index in [-0.39, 0.29) is 29.8 Å². The van der Waals surface area contributed by atoms with Gasteiger partial charge in [-0.15, -0.1) is 24.0 Å². The molecule has 2 rings (SSSR count). The molecule has 0 aliphatic rings. The Labute approximate surface area is 163 Å². The van der Waals surface area contributed by atoms with Gasteiger partial charge in [0.2, 0.25) is 5.91 Å². The minimum atomic E-state index is -0.453. The molecule has 0 fully saturated rings. The smallest absolute Gasteiger partial charge is 0.248 e. The number of benzene rings is 2. The lowest BCUT2D eigenvalue weighted by atomic mass is 10.1. The highest BCUT2D eigenvalue weighted by molar-refractivity contribution is 14.0. The van der Waals surface area contributed by atoms with Crippen molar-refractivity contribution in [3.8, 4) is 0 Å². The third kappa shape index (κ3) is 6.33. The molecule has 25 heavy (non-hydrogen) atoms. The van der Waals surface area contributed by atoms with Gasteiger partial charge in [-0.3, -0.25) is 9.79 Å². The molecule has 0 aromatic heterocycles. The molecule has 2 aromatic rings. The molecular weight excluding hydrogens is 434 g/mol. The Balaban J connectivity index is 0.00000312. The molecule has 0 unspecified atom stereocenters. The first-order chi connectivity index (χ1) is 11.5. The minimum absolute atomic E-state index is 0. The van der Waals surface area contributed by atoms with E-state index in [1.165, 1.54) is 6.07 Å². The van der Waals surface area contributed by atoms with E-state index in [2.05, 4.69) is 15.6 Å². The highest BCUT2D eigenvalue weighted by atomic mass is 127. The summed E-state index contributed by atoms with van der Waals surface area (Å²) in [5, 5.41) is 6.33. The SMILES string of the molecule is CN=C(NCc1cccc(C(N)=O)c1)NCc1ccc(F)c(C)c1.I. The van der Waals surface area contributed by atoms with Gasteiger partial charge in [0, 0.05) is 25.7 Å². The van der Waals surface area contributed by atoms with Gasteiger partial charge < -0.3 is 16.4 Å². The lowest BCUT2D eigenvalue weighted by Crippen LogP contribution is -2.36. The number of primary amides is 1. The maximum Gasteiger partial charge on any atom is 0.248 e. The number of hydrogen-bond acceptors (Lipinski definition) is 2. The number of aliphatic imine (C=N–C) groups is 1. The van der Waals surface area contributed by atoms with Crippen LogP contribution in [0.15, 0.2) is 47.5 Å². The van der Waals surface area contributed by atoms with Crippen LogP contribution in [0, 0.1) is 12.7 Å². The van der Waals surface area contributed by atoms with E-state index >= 15 is 0 Å². The molecule has 7 heteroatoms. The maximum atomic E-state index is 13.3. The van der Waals surface area contributed by atoms with E-state index < -0.39 is 5.91 Å². The van der Waals surface area contributed by atoms with Crippen LogP contribution in [0.4, 0.5) is 4.39 Å². The van der Waals surface area contributed by atoms with Gasteiger partial charge in [-0.25, -0.2) is 4.39 Å². The number of nitrogens with zero attached hydrogens (tertiary/aromatic N) is 1. The predicted octanol–water partition coefficient (Wildman–Crippen LogP) is 2.72.